The van der Waals surface area contributed by atoms with Crippen molar-refractivity contribution in [1.29, 1.82) is 0 Å². The first-order valence-electron chi connectivity index (χ1n) is 8.32. The van der Waals surface area contributed by atoms with Gasteiger partial charge >= 0.3 is 0 Å². The van der Waals surface area contributed by atoms with Crippen LogP contribution in [0.3, 0.4) is 0 Å². The van der Waals surface area contributed by atoms with Crippen molar-refractivity contribution in [3.63, 3.8) is 0 Å². The number of fused-ring (bicyclic) bond motifs is 2. The SMILES string of the molecule is O=c1cc(-c2ccc3c(c2)OCO3)[nH]c2c(Cc3ccccc3)cnn12. The first kappa shape index (κ1) is 14.8. The van der Waals surface area contributed by atoms with Gasteiger partial charge in [-0.3, -0.25) is 4.79 Å². The van der Waals surface area contributed by atoms with E-state index in [0.29, 0.717) is 23.6 Å². The minimum Gasteiger partial charge on any atom is -0.454 e. The fraction of sp³-hybridized carbons (Fsp3) is 0.100. The molecule has 2 aromatic heterocycles. The van der Waals surface area contributed by atoms with Crippen LogP contribution in [0, 0.1) is 0 Å². The average Bonchev–Trinajstić information content (AvgIpc) is 3.29. The van der Waals surface area contributed by atoms with Crippen LogP contribution >= 0.6 is 0 Å². The number of hydrogen-bond donors (Lipinski definition) is 1. The third kappa shape index (κ3) is 2.43. The lowest BCUT2D eigenvalue weighted by molar-refractivity contribution is 0.174. The number of hydrogen-bond acceptors (Lipinski definition) is 4. The smallest absolute Gasteiger partial charge is 0.274 e. The van der Waals surface area contributed by atoms with E-state index in [0.717, 1.165) is 22.4 Å². The van der Waals surface area contributed by atoms with Crippen molar-refractivity contribution in [2.24, 2.45) is 0 Å². The lowest BCUT2D eigenvalue weighted by Gasteiger charge is -2.06. The second-order valence-corrected chi connectivity index (χ2v) is 6.18. The molecule has 0 amide bonds. The van der Waals surface area contributed by atoms with Crippen molar-refractivity contribution in [2.75, 3.05) is 6.79 Å². The van der Waals surface area contributed by atoms with E-state index in [1.165, 1.54) is 4.52 Å². The fourth-order valence-electron chi connectivity index (χ4n) is 3.20. The summed E-state index contributed by atoms with van der Waals surface area (Å²) in [6, 6.07) is 17.3. The van der Waals surface area contributed by atoms with Crippen molar-refractivity contribution in [3.8, 4) is 22.8 Å². The van der Waals surface area contributed by atoms with Gasteiger partial charge in [-0.25, -0.2) is 0 Å². The Bertz CT molecular complexity index is 1160. The van der Waals surface area contributed by atoms with E-state index in [4.69, 9.17) is 9.47 Å². The van der Waals surface area contributed by atoms with Crippen LogP contribution in [0.15, 0.2) is 65.6 Å². The third-order valence-electron chi connectivity index (χ3n) is 4.50. The number of rotatable bonds is 3. The summed E-state index contributed by atoms with van der Waals surface area (Å²) in [4.78, 5) is 15.8. The maximum atomic E-state index is 12.5. The highest BCUT2D eigenvalue weighted by Gasteiger charge is 2.16. The number of aromatic nitrogens is 3. The van der Waals surface area contributed by atoms with Crippen molar-refractivity contribution in [2.45, 2.75) is 6.42 Å². The highest BCUT2D eigenvalue weighted by molar-refractivity contribution is 5.66. The van der Waals surface area contributed by atoms with Gasteiger partial charge in [0.2, 0.25) is 6.79 Å². The van der Waals surface area contributed by atoms with Gasteiger partial charge in [0.15, 0.2) is 11.5 Å². The predicted octanol–water partition coefficient (Wildman–Crippen LogP) is 3.01. The summed E-state index contributed by atoms with van der Waals surface area (Å²) in [5.41, 5.74) is 4.24. The molecule has 0 unspecified atom stereocenters. The Morgan fingerprint density at radius 2 is 1.88 bits per heavy atom. The van der Waals surface area contributed by atoms with Crippen LogP contribution in [-0.4, -0.2) is 21.4 Å². The Kier molecular flexibility index (Phi) is 3.28. The highest BCUT2D eigenvalue weighted by Crippen LogP contribution is 2.35. The second-order valence-electron chi connectivity index (χ2n) is 6.18. The molecule has 0 bridgehead atoms. The number of benzene rings is 2. The number of ether oxygens (including phenoxy) is 2. The van der Waals surface area contributed by atoms with E-state index in [9.17, 15) is 4.79 Å². The topological polar surface area (TPSA) is 68.6 Å². The molecule has 0 spiro atoms. The number of aromatic amines is 1. The van der Waals surface area contributed by atoms with Gasteiger partial charge in [-0.1, -0.05) is 30.3 Å². The molecular weight excluding hydrogens is 330 g/mol. The summed E-state index contributed by atoms with van der Waals surface area (Å²) >= 11 is 0. The maximum absolute atomic E-state index is 12.5. The molecule has 128 valence electrons. The molecule has 0 aliphatic carbocycles. The molecule has 1 aliphatic heterocycles. The van der Waals surface area contributed by atoms with Crippen LogP contribution in [0.5, 0.6) is 11.5 Å². The van der Waals surface area contributed by atoms with E-state index in [1.807, 2.05) is 36.4 Å². The van der Waals surface area contributed by atoms with Gasteiger partial charge in [-0.05, 0) is 23.8 Å². The zero-order valence-electron chi connectivity index (χ0n) is 13.8. The highest BCUT2D eigenvalue weighted by atomic mass is 16.7. The van der Waals surface area contributed by atoms with Crippen molar-refractivity contribution in [3.05, 3.63) is 82.3 Å². The van der Waals surface area contributed by atoms with Crippen LogP contribution in [0.25, 0.3) is 16.9 Å². The maximum Gasteiger partial charge on any atom is 0.274 e. The monoisotopic (exact) mass is 345 g/mol. The van der Waals surface area contributed by atoms with Gasteiger partial charge in [0, 0.05) is 23.6 Å². The molecule has 0 saturated heterocycles. The van der Waals surface area contributed by atoms with E-state index in [1.54, 1.807) is 12.3 Å². The number of H-pyrrole nitrogens is 1. The molecule has 6 nitrogen and oxygen atoms in total. The minimum absolute atomic E-state index is 0.175. The molecule has 2 aromatic carbocycles. The molecule has 0 fully saturated rings. The summed E-state index contributed by atoms with van der Waals surface area (Å²) in [6.45, 7) is 0.220. The van der Waals surface area contributed by atoms with Gasteiger partial charge in [0.1, 0.15) is 5.65 Å². The van der Waals surface area contributed by atoms with Crippen LogP contribution < -0.4 is 15.0 Å². The van der Waals surface area contributed by atoms with Crippen molar-refractivity contribution < 1.29 is 9.47 Å². The third-order valence-corrected chi connectivity index (χ3v) is 4.50. The van der Waals surface area contributed by atoms with Gasteiger partial charge in [-0.15, -0.1) is 0 Å². The lowest BCUT2D eigenvalue weighted by Crippen LogP contribution is -2.14. The van der Waals surface area contributed by atoms with E-state index in [2.05, 4.69) is 22.2 Å². The molecule has 6 heteroatoms. The van der Waals surface area contributed by atoms with Crippen LogP contribution in [0.1, 0.15) is 11.1 Å². The Hall–Kier alpha value is -3.54. The molecule has 1 N–H and O–H groups in total. The Balaban J connectivity index is 1.61. The zero-order valence-corrected chi connectivity index (χ0v) is 13.8. The van der Waals surface area contributed by atoms with Gasteiger partial charge in [-0.2, -0.15) is 9.61 Å². The van der Waals surface area contributed by atoms with Crippen LogP contribution in [0.2, 0.25) is 0 Å². The van der Waals surface area contributed by atoms with E-state index in [-0.39, 0.29) is 12.4 Å². The summed E-state index contributed by atoms with van der Waals surface area (Å²) in [6.07, 6.45) is 2.44. The van der Waals surface area contributed by atoms with Crippen LogP contribution in [-0.2, 0) is 6.42 Å². The fourth-order valence-corrected chi connectivity index (χ4v) is 3.20. The van der Waals surface area contributed by atoms with Crippen molar-refractivity contribution >= 4 is 5.65 Å². The molecule has 4 aromatic rings. The standard InChI is InChI=1S/C20H15N3O3/c24-19-10-16(14-6-7-17-18(9-14)26-12-25-17)22-20-15(11-21-23(19)20)8-13-4-2-1-3-5-13/h1-7,9-11,22H,8,12H2. The summed E-state index contributed by atoms with van der Waals surface area (Å²) in [5.74, 6) is 1.40. The Labute approximate surface area is 148 Å². The largest absolute Gasteiger partial charge is 0.454 e. The molecule has 0 atom stereocenters. The molecule has 1 aliphatic rings. The first-order valence-corrected chi connectivity index (χ1v) is 8.32. The summed E-state index contributed by atoms with van der Waals surface area (Å²) < 4.78 is 12.2. The summed E-state index contributed by atoms with van der Waals surface area (Å²) in [5, 5.41) is 4.24. The minimum atomic E-state index is -0.175. The molecular formula is C20H15N3O3. The average molecular weight is 345 g/mol. The van der Waals surface area contributed by atoms with E-state index < -0.39 is 0 Å². The molecule has 0 radical (unpaired) electrons. The first-order chi connectivity index (χ1) is 12.8. The Morgan fingerprint density at radius 1 is 1.04 bits per heavy atom. The molecule has 3 heterocycles. The quantitative estimate of drug-likeness (QED) is 0.620. The zero-order chi connectivity index (χ0) is 17.5. The van der Waals surface area contributed by atoms with Gasteiger partial charge < -0.3 is 14.5 Å². The van der Waals surface area contributed by atoms with E-state index >= 15 is 0 Å². The normalized spacial score (nSPS) is 12.6. The van der Waals surface area contributed by atoms with Crippen LogP contribution in [0.4, 0.5) is 0 Å². The Morgan fingerprint density at radius 3 is 2.77 bits per heavy atom. The molecule has 5 rings (SSSR count). The number of nitrogens with zero attached hydrogens (tertiary/aromatic N) is 2. The lowest BCUT2D eigenvalue weighted by atomic mass is 10.1. The molecule has 26 heavy (non-hydrogen) atoms. The number of nitrogens with one attached hydrogen (secondary N) is 1. The predicted molar refractivity (Wildman–Crippen MR) is 96.6 cm³/mol. The molecule has 0 saturated carbocycles. The summed E-state index contributed by atoms with van der Waals surface area (Å²) in [7, 11) is 0. The van der Waals surface area contributed by atoms with Crippen molar-refractivity contribution in [1.82, 2.24) is 14.6 Å². The van der Waals surface area contributed by atoms with Gasteiger partial charge in [0.05, 0.1) is 11.9 Å². The second kappa shape index (κ2) is 5.77. The van der Waals surface area contributed by atoms with Gasteiger partial charge in [0.25, 0.3) is 5.56 Å².